The molecule has 0 aliphatic rings. The van der Waals surface area contributed by atoms with Crippen LogP contribution in [0.3, 0.4) is 0 Å². The van der Waals surface area contributed by atoms with Crippen molar-refractivity contribution in [2.24, 2.45) is 0 Å². The van der Waals surface area contributed by atoms with E-state index in [9.17, 15) is 9.59 Å². The van der Waals surface area contributed by atoms with Gasteiger partial charge in [0.2, 0.25) is 5.91 Å². The second kappa shape index (κ2) is 7.68. The van der Waals surface area contributed by atoms with Crippen LogP contribution in [0.1, 0.15) is 55.3 Å². The fourth-order valence-electron chi connectivity index (χ4n) is 2.26. The van der Waals surface area contributed by atoms with Crippen LogP contribution in [-0.2, 0) is 9.59 Å². The molecule has 2 N–H and O–H groups in total. The summed E-state index contributed by atoms with van der Waals surface area (Å²) in [5.74, 6) is -0.836. The fraction of sp³-hybridized carbons (Fsp3) is 0.500. The fourth-order valence-corrected chi connectivity index (χ4v) is 2.26. The summed E-state index contributed by atoms with van der Waals surface area (Å²) in [6.07, 6.45) is 1.65. The van der Waals surface area contributed by atoms with E-state index in [2.05, 4.69) is 11.4 Å². The number of benzene rings is 1. The molecular weight excluding hydrogens is 254 g/mol. The Bertz CT molecular complexity index is 483. The highest BCUT2D eigenvalue weighted by Gasteiger charge is 2.11. The minimum Gasteiger partial charge on any atom is -0.481 e. The maximum absolute atomic E-state index is 11.8. The van der Waals surface area contributed by atoms with Gasteiger partial charge in [-0.2, -0.15) is 0 Å². The summed E-state index contributed by atoms with van der Waals surface area (Å²) in [4.78, 5) is 22.2. The lowest BCUT2D eigenvalue weighted by Crippen LogP contribution is -2.26. The van der Waals surface area contributed by atoms with E-state index in [1.807, 2.05) is 32.9 Å². The zero-order valence-electron chi connectivity index (χ0n) is 12.4. The SMILES string of the molecule is Cc1ccc(C(C)NC(=O)CCCCC(=O)O)c(C)c1. The molecule has 1 amide bonds. The molecule has 1 aromatic rings. The third-order valence-electron chi connectivity index (χ3n) is 3.31. The largest absolute Gasteiger partial charge is 0.481 e. The lowest BCUT2D eigenvalue weighted by molar-refractivity contribution is -0.137. The average Bonchev–Trinajstić information content (AvgIpc) is 2.34. The lowest BCUT2D eigenvalue weighted by Gasteiger charge is -2.17. The standard InChI is InChI=1S/C16H23NO3/c1-11-8-9-14(12(2)10-11)13(3)17-15(18)6-4-5-7-16(19)20/h8-10,13H,4-7H2,1-3H3,(H,17,18)(H,19,20). The number of aryl methyl sites for hydroxylation is 2. The number of hydrogen-bond acceptors (Lipinski definition) is 2. The molecule has 0 aromatic heterocycles. The van der Waals surface area contributed by atoms with Crippen molar-refractivity contribution in [3.8, 4) is 0 Å². The van der Waals surface area contributed by atoms with Gasteiger partial charge < -0.3 is 10.4 Å². The van der Waals surface area contributed by atoms with Crippen LogP contribution in [0.4, 0.5) is 0 Å². The third kappa shape index (κ3) is 5.43. The van der Waals surface area contributed by atoms with Crippen LogP contribution >= 0.6 is 0 Å². The average molecular weight is 277 g/mol. The Balaban J connectivity index is 2.43. The van der Waals surface area contributed by atoms with Crippen LogP contribution in [0.25, 0.3) is 0 Å². The predicted octanol–water partition coefficient (Wildman–Crippen LogP) is 3.13. The number of carboxylic acids is 1. The van der Waals surface area contributed by atoms with Gasteiger partial charge in [0.1, 0.15) is 0 Å². The summed E-state index contributed by atoms with van der Waals surface area (Å²) in [5, 5.41) is 11.5. The topological polar surface area (TPSA) is 66.4 Å². The van der Waals surface area contributed by atoms with Gasteiger partial charge in [0.25, 0.3) is 0 Å². The van der Waals surface area contributed by atoms with Crippen molar-refractivity contribution in [3.63, 3.8) is 0 Å². The van der Waals surface area contributed by atoms with Crippen molar-refractivity contribution >= 4 is 11.9 Å². The Morgan fingerprint density at radius 2 is 1.85 bits per heavy atom. The minimum absolute atomic E-state index is 0.0251. The highest BCUT2D eigenvalue weighted by Crippen LogP contribution is 2.18. The van der Waals surface area contributed by atoms with Gasteiger partial charge in [0.15, 0.2) is 0 Å². The first-order chi connectivity index (χ1) is 9.40. The van der Waals surface area contributed by atoms with Gasteiger partial charge in [-0.15, -0.1) is 0 Å². The Labute approximate surface area is 120 Å². The summed E-state index contributed by atoms with van der Waals surface area (Å²) < 4.78 is 0. The van der Waals surface area contributed by atoms with Crippen molar-refractivity contribution in [2.45, 2.75) is 52.5 Å². The summed E-state index contributed by atoms with van der Waals surface area (Å²) in [7, 11) is 0. The zero-order chi connectivity index (χ0) is 15.1. The van der Waals surface area contributed by atoms with E-state index < -0.39 is 5.97 Å². The molecular formula is C16H23NO3. The molecule has 0 aliphatic heterocycles. The number of carbonyl (C=O) groups is 2. The number of amides is 1. The van der Waals surface area contributed by atoms with Crippen molar-refractivity contribution in [1.82, 2.24) is 5.32 Å². The van der Waals surface area contributed by atoms with Crippen LogP contribution in [-0.4, -0.2) is 17.0 Å². The summed E-state index contributed by atoms with van der Waals surface area (Å²) in [6.45, 7) is 6.05. The van der Waals surface area contributed by atoms with E-state index >= 15 is 0 Å². The van der Waals surface area contributed by atoms with Crippen molar-refractivity contribution in [1.29, 1.82) is 0 Å². The lowest BCUT2D eigenvalue weighted by atomic mass is 10.00. The number of aliphatic carboxylic acids is 1. The molecule has 1 atom stereocenters. The Hall–Kier alpha value is -1.84. The van der Waals surface area contributed by atoms with Crippen molar-refractivity contribution < 1.29 is 14.7 Å². The predicted molar refractivity (Wildman–Crippen MR) is 78.6 cm³/mol. The van der Waals surface area contributed by atoms with Crippen LogP contribution in [0.2, 0.25) is 0 Å². The van der Waals surface area contributed by atoms with Gasteiger partial charge in [0, 0.05) is 12.8 Å². The van der Waals surface area contributed by atoms with Gasteiger partial charge in [-0.3, -0.25) is 9.59 Å². The molecule has 0 aliphatic carbocycles. The molecule has 0 saturated heterocycles. The molecule has 1 aromatic carbocycles. The van der Waals surface area contributed by atoms with Gasteiger partial charge >= 0.3 is 5.97 Å². The Kier molecular flexibility index (Phi) is 6.22. The summed E-state index contributed by atoms with van der Waals surface area (Å²) in [6, 6.07) is 6.16. The first-order valence-corrected chi connectivity index (χ1v) is 6.98. The molecule has 110 valence electrons. The molecule has 1 rings (SSSR count). The Morgan fingerprint density at radius 1 is 1.20 bits per heavy atom. The first kappa shape index (κ1) is 16.2. The van der Waals surface area contributed by atoms with Crippen LogP contribution in [0, 0.1) is 13.8 Å². The van der Waals surface area contributed by atoms with Gasteiger partial charge in [-0.05, 0) is 44.7 Å². The van der Waals surface area contributed by atoms with E-state index in [-0.39, 0.29) is 18.4 Å². The molecule has 0 heterocycles. The Morgan fingerprint density at radius 3 is 2.45 bits per heavy atom. The molecule has 0 bridgehead atoms. The monoisotopic (exact) mass is 277 g/mol. The number of carboxylic acid groups (broad SMARTS) is 1. The van der Waals surface area contributed by atoms with E-state index in [1.54, 1.807) is 0 Å². The smallest absolute Gasteiger partial charge is 0.303 e. The number of hydrogen-bond donors (Lipinski definition) is 2. The zero-order valence-corrected chi connectivity index (χ0v) is 12.4. The van der Waals surface area contributed by atoms with Crippen LogP contribution < -0.4 is 5.32 Å². The maximum atomic E-state index is 11.8. The van der Waals surface area contributed by atoms with Crippen molar-refractivity contribution in [2.75, 3.05) is 0 Å². The second-order valence-electron chi connectivity index (χ2n) is 5.25. The quantitative estimate of drug-likeness (QED) is 0.752. The molecule has 0 fully saturated rings. The summed E-state index contributed by atoms with van der Waals surface area (Å²) >= 11 is 0. The maximum Gasteiger partial charge on any atom is 0.303 e. The number of unbranched alkanes of at least 4 members (excludes halogenated alkanes) is 1. The second-order valence-corrected chi connectivity index (χ2v) is 5.25. The first-order valence-electron chi connectivity index (χ1n) is 6.98. The molecule has 0 saturated carbocycles. The van der Waals surface area contributed by atoms with E-state index in [1.165, 1.54) is 11.1 Å². The summed E-state index contributed by atoms with van der Waals surface area (Å²) in [5.41, 5.74) is 3.50. The number of rotatable bonds is 7. The third-order valence-corrected chi connectivity index (χ3v) is 3.31. The molecule has 1 unspecified atom stereocenters. The van der Waals surface area contributed by atoms with Crippen LogP contribution in [0.15, 0.2) is 18.2 Å². The van der Waals surface area contributed by atoms with Gasteiger partial charge in [0.05, 0.1) is 6.04 Å². The highest BCUT2D eigenvalue weighted by atomic mass is 16.4. The molecule has 4 nitrogen and oxygen atoms in total. The normalized spacial score (nSPS) is 11.9. The van der Waals surface area contributed by atoms with Crippen LogP contribution in [0.5, 0.6) is 0 Å². The minimum atomic E-state index is -0.811. The van der Waals surface area contributed by atoms with E-state index in [0.717, 1.165) is 5.56 Å². The number of nitrogens with one attached hydrogen (secondary N) is 1. The molecule has 4 heteroatoms. The van der Waals surface area contributed by atoms with Gasteiger partial charge in [-0.25, -0.2) is 0 Å². The van der Waals surface area contributed by atoms with E-state index in [4.69, 9.17) is 5.11 Å². The molecule has 0 spiro atoms. The van der Waals surface area contributed by atoms with Gasteiger partial charge in [-0.1, -0.05) is 23.8 Å². The molecule has 0 radical (unpaired) electrons. The van der Waals surface area contributed by atoms with E-state index in [0.29, 0.717) is 19.3 Å². The molecule has 20 heavy (non-hydrogen) atoms. The number of carbonyl (C=O) groups excluding carboxylic acids is 1. The highest BCUT2D eigenvalue weighted by molar-refractivity contribution is 5.76. The van der Waals surface area contributed by atoms with Crippen molar-refractivity contribution in [3.05, 3.63) is 34.9 Å².